The van der Waals surface area contributed by atoms with Crippen LogP contribution in [0.5, 0.6) is 11.5 Å². The summed E-state index contributed by atoms with van der Waals surface area (Å²) in [4.78, 5) is 0. The zero-order valence-corrected chi connectivity index (χ0v) is 14.7. The summed E-state index contributed by atoms with van der Waals surface area (Å²) in [7, 11) is 0. The maximum atomic E-state index is 5.83. The van der Waals surface area contributed by atoms with Crippen LogP contribution in [0.25, 0.3) is 0 Å². The number of hydrogen-bond acceptors (Lipinski definition) is 3. The zero-order chi connectivity index (χ0) is 16.9. The van der Waals surface area contributed by atoms with E-state index in [1.807, 2.05) is 42.5 Å². The number of rotatable bonds is 12. The van der Waals surface area contributed by atoms with Gasteiger partial charge in [0.25, 0.3) is 0 Å². The fourth-order valence-corrected chi connectivity index (χ4v) is 2.47. The third-order valence-corrected chi connectivity index (χ3v) is 3.79. The highest BCUT2D eigenvalue weighted by atomic mass is 16.5. The summed E-state index contributed by atoms with van der Waals surface area (Å²) in [5.74, 6) is 1.83. The Balaban J connectivity index is 1.63. The van der Waals surface area contributed by atoms with Gasteiger partial charge < -0.3 is 14.8 Å². The van der Waals surface area contributed by atoms with Crippen molar-refractivity contribution in [1.29, 1.82) is 0 Å². The zero-order valence-electron chi connectivity index (χ0n) is 14.7. The second-order valence-electron chi connectivity index (χ2n) is 5.88. The summed E-state index contributed by atoms with van der Waals surface area (Å²) in [5.41, 5.74) is 1.06. The van der Waals surface area contributed by atoms with Crippen molar-refractivity contribution in [3.63, 3.8) is 0 Å². The fourth-order valence-electron chi connectivity index (χ4n) is 2.47. The van der Waals surface area contributed by atoms with Crippen LogP contribution in [0.2, 0.25) is 0 Å². The largest absolute Gasteiger partial charge is 0.494 e. The van der Waals surface area contributed by atoms with E-state index in [-0.39, 0.29) is 0 Å². The molecule has 24 heavy (non-hydrogen) atoms. The average Bonchev–Trinajstić information content (AvgIpc) is 2.63. The van der Waals surface area contributed by atoms with Crippen molar-refractivity contribution >= 4 is 5.69 Å². The molecule has 0 radical (unpaired) electrons. The molecular weight excluding hydrogens is 298 g/mol. The molecule has 3 heteroatoms. The van der Waals surface area contributed by atoms with Crippen molar-refractivity contribution < 1.29 is 9.47 Å². The SMILES string of the molecule is CCCCCCCOc1cccc(NCCOc2ccccc2)c1. The monoisotopic (exact) mass is 327 g/mol. The summed E-state index contributed by atoms with van der Waals surface area (Å²) in [6.07, 6.45) is 6.29. The van der Waals surface area contributed by atoms with Crippen molar-refractivity contribution in [3.05, 3.63) is 54.6 Å². The van der Waals surface area contributed by atoms with Gasteiger partial charge >= 0.3 is 0 Å². The van der Waals surface area contributed by atoms with Gasteiger partial charge in [0.15, 0.2) is 0 Å². The Kier molecular flexibility index (Phi) is 8.63. The van der Waals surface area contributed by atoms with Crippen molar-refractivity contribution in [1.82, 2.24) is 0 Å². The Labute approximate surface area is 146 Å². The number of unbranched alkanes of at least 4 members (excludes halogenated alkanes) is 4. The standard InChI is InChI=1S/C21H29NO2/c1-2-3-4-5-9-16-23-21-14-10-11-19(18-21)22-15-17-24-20-12-7-6-8-13-20/h6-8,10-14,18,22H,2-5,9,15-17H2,1H3. The first-order valence-electron chi connectivity index (χ1n) is 9.03. The topological polar surface area (TPSA) is 30.5 Å². The van der Waals surface area contributed by atoms with Crippen molar-refractivity contribution in [2.24, 2.45) is 0 Å². The van der Waals surface area contributed by atoms with Crippen LogP contribution >= 0.6 is 0 Å². The summed E-state index contributed by atoms with van der Waals surface area (Å²) in [6, 6.07) is 18.0. The van der Waals surface area contributed by atoms with Crippen LogP contribution in [0.15, 0.2) is 54.6 Å². The van der Waals surface area contributed by atoms with Crippen LogP contribution in [-0.4, -0.2) is 19.8 Å². The van der Waals surface area contributed by atoms with Crippen LogP contribution in [0.4, 0.5) is 5.69 Å². The molecule has 3 nitrogen and oxygen atoms in total. The van der Waals surface area contributed by atoms with Gasteiger partial charge in [-0.15, -0.1) is 0 Å². The third kappa shape index (κ3) is 7.40. The maximum absolute atomic E-state index is 5.83. The van der Waals surface area contributed by atoms with E-state index in [0.29, 0.717) is 6.61 Å². The fraction of sp³-hybridized carbons (Fsp3) is 0.429. The molecule has 130 valence electrons. The van der Waals surface area contributed by atoms with Gasteiger partial charge in [0.1, 0.15) is 18.1 Å². The first-order chi connectivity index (χ1) is 11.9. The molecule has 0 saturated heterocycles. The summed E-state index contributed by atoms with van der Waals surface area (Å²) in [6.45, 7) is 4.42. The van der Waals surface area contributed by atoms with Gasteiger partial charge in [-0.1, -0.05) is 56.9 Å². The molecule has 0 unspecified atom stereocenters. The number of hydrogen-bond donors (Lipinski definition) is 1. The second-order valence-corrected chi connectivity index (χ2v) is 5.88. The molecule has 1 N–H and O–H groups in total. The van der Waals surface area contributed by atoms with Gasteiger partial charge in [-0.2, -0.15) is 0 Å². The lowest BCUT2D eigenvalue weighted by Crippen LogP contribution is -2.11. The van der Waals surface area contributed by atoms with Gasteiger partial charge in [0.05, 0.1) is 6.61 Å². The number of anilines is 1. The summed E-state index contributed by atoms with van der Waals surface area (Å²) in [5, 5.41) is 3.37. The van der Waals surface area contributed by atoms with Crippen LogP contribution in [0.3, 0.4) is 0 Å². The molecule has 0 heterocycles. The first-order valence-corrected chi connectivity index (χ1v) is 9.03. The van der Waals surface area contributed by atoms with Gasteiger partial charge in [-0.25, -0.2) is 0 Å². The average molecular weight is 327 g/mol. The molecule has 0 aromatic heterocycles. The normalized spacial score (nSPS) is 10.4. The molecule has 0 atom stereocenters. The molecule has 0 fully saturated rings. The van der Waals surface area contributed by atoms with Gasteiger partial charge in [-0.05, 0) is 30.7 Å². The van der Waals surface area contributed by atoms with E-state index in [0.717, 1.165) is 36.8 Å². The minimum absolute atomic E-state index is 0.631. The van der Waals surface area contributed by atoms with Crippen LogP contribution < -0.4 is 14.8 Å². The van der Waals surface area contributed by atoms with Gasteiger partial charge in [0.2, 0.25) is 0 Å². The molecule has 0 aliphatic rings. The van der Waals surface area contributed by atoms with Crippen LogP contribution in [-0.2, 0) is 0 Å². The smallest absolute Gasteiger partial charge is 0.121 e. The highest BCUT2D eigenvalue weighted by Gasteiger charge is 1.98. The van der Waals surface area contributed by atoms with E-state index in [4.69, 9.17) is 9.47 Å². The van der Waals surface area contributed by atoms with E-state index in [2.05, 4.69) is 24.4 Å². The number of ether oxygens (including phenoxy) is 2. The lowest BCUT2D eigenvalue weighted by atomic mass is 10.2. The molecule has 2 rings (SSSR count). The number of para-hydroxylation sites is 1. The summed E-state index contributed by atoms with van der Waals surface area (Å²) < 4.78 is 11.5. The Morgan fingerprint density at radius 3 is 2.33 bits per heavy atom. The highest BCUT2D eigenvalue weighted by molar-refractivity contribution is 5.48. The van der Waals surface area contributed by atoms with Gasteiger partial charge in [-0.3, -0.25) is 0 Å². The Morgan fingerprint density at radius 1 is 0.750 bits per heavy atom. The molecule has 2 aromatic rings. The molecule has 0 saturated carbocycles. The van der Waals surface area contributed by atoms with Crippen molar-refractivity contribution in [2.45, 2.75) is 39.0 Å². The van der Waals surface area contributed by atoms with Crippen molar-refractivity contribution in [2.75, 3.05) is 25.1 Å². The minimum atomic E-state index is 0.631. The Hall–Kier alpha value is -2.16. The lowest BCUT2D eigenvalue weighted by molar-refractivity contribution is 0.304. The van der Waals surface area contributed by atoms with Crippen molar-refractivity contribution in [3.8, 4) is 11.5 Å². The van der Waals surface area contributed by atoms with E-state index in [9.17, 15) is 0 Å². The van der Waals surface area contributed by atoms with Crippen LogP contribution in [0, 0.1) is 0 Å². The number of nitrogens with one attached hydrogen (secondary N) is 1. The highest BCUT2D eigenvalue weighted by Crippen LogP contribution is 2.18. The molecule has 2 aromatic carbocycles. The molecule has 0 bridgehead atoms. The first kappa shape index (κ1) is 18.2. The Morgan fingerprint density at radius 2 is 1.50 bits per heavy atom. The van der Waals surface area contributed by atoms with E-state index in [1.165, 1.54) is 25.7 Å². The lowest BCUT2D eigenvalue weighted by Gasteiger charge is -2.11. The van der Waals surface area contributed by atoms with Crippen LogP contribution in [0.1, 0.15) is 39.0 Å². The Bertz CT molecular complexity index is 557. The number of benzene rings is 2. The molecular formula is C21H29NO2. The minimum Gasteiger partial charge on any atom is -0.494 e. The molecule has 0 amide bonds. The molecule has 0 aliphatic heterocycles. The predicted octanol–water partition coefficient (Wildman–Crippen LogP) is 5.53. The predicted molar refractivity (Wildman–Crippen MR) is 101 cm³/mol. The van der Waals surface area contributed by atoms with E-state index >= 15 is 0 Å². The van der Waals surface area contributed by atoms with E-state index < -0.39 is 0 Å². The summed E-state index contributed by atoms with van der Waals surface area (Å²) >= 11 is 0. The third-order valence-electron chi connectivity index (χ3n) is 3.79. The van der Waals surface area contributed by atoms with E-state index in [1.54, 1.807) is 0 Å². The van der Waals surface area contributed by atoms with Gasteiger partial charge in [0, 0.05) is 18.3 Å². The molecule has 0 aliphatic carbocycles. The second kappa shape index (κ2) is 11.4. The molecule has 0 spiro atoms. The maximum Gasteiger partial charge on any atom is 0.121 e. The quantitative estimate of drug-likeness (QED) is 0.520.